The Hall–Kier alpha value is -1.42. The van der Waals surface area contributed by atoms with Crippen LogP contribution in [-0.4, -0.2) is 21.5 Å². The van der Waals surface area contributed by atoms with Crippen LogP contribution in [0.1, 0.15) is 11.1 Å². The second-order valence-electron chi connectivity index (χ2n) is 3.21. The van der Waals surface area contributed by atoms with Gasteiger partial charge in [0.05, 0.1) is 17.4 Å². The Morgan fingerprint density at radius 3 is 2.69 bits per heavy atom. The highest BCUT2D eigenvalue weighted by atomic mass is 32.2. The Morgan fingerprint density at radius 2 is 2.06 bits per heavy atom. The van der Waals surface area contributed by atoms with Crippen LogP contribution in [0.4, 0.5) is 0 Å². The van der Waals surface area contributed by atoms with Gasteiger partial charge in [0, 0.05) is 13.1 Å². The van der Waals surface area contributed by atoms with E-state index in [9.17, 15) is 8.42 Å². The third-order valence-electron chi connectivity index (χ3n) is 1.95. The van der Waals surface area contributed by atoms with Crippen molar-refractivity contribution in [3.63, 3.8) is 0 Å². The van der Waals surface area contributed by atoms with E-state index in [0.29, 0.717) is 11.1 Å². The molecule has 1 aromatic rings. The topological polar surface area (TPSA) is 96.0 Å². The fraction of sp³-hybridized carbons (Fsp3) is 0.300. The van der Waals surface area contributed by atoms with Crippen molar-refractivity contribution in [1.29, 1.82) is 5.26 Å². The molecule has 0 fully saturated rings. The first-order chi connectivity index (χ1) is 7.59. The minimum absolute atomic E-state index is 0.198. The number of hydrogen-bond donors (Lipinski definition) is 2. The van der Waals surface area contributed by atoms with E-state index in [-0.39, 0.29) is 18.8 Å². The monoisotopic (exact) mass is 239 g/mol. The molecule has 0 aromatic heterocycles. The summed E-state index contributed by atoms with van der Waals surface area (Å²) in [6, 6.07) is 8.57. The number of nitrogens with two attached hydrogens (primary N) is 1. The van der Waals surface area contributed by atoms with E-state index in [0.717, 1.165) is 0 Å². The Bertz CT molecular complexity index is 491. The molecule has 0 amide bonds. The molecular weight excluding hydrogens is 226 g/mol. The maximum atomic E-state index is 11.6. The highest BCUT2D eigenvalue weighted by Gasteiger charge is 2.12. The minimum atomic E-state index is -3.41. The number of nitriles is 1. The van der Waals surface area contributed by atoms with Crippen LogP contribution in [0, 0.1) is 11.3 Å². The standard InChI is InChI=1S/C10H13N3O2S/c11-5-6-13-16(14,15)8-10-4-2-1-3-9(10)7-12/h1-4,13H,5-6,8,11H2. The van der Waals surface area contributed by atoms with Gasteiger partial charge in [-0.25, -0.2) is 13.1 Å². The van der Waals surface area contributed by atoms with E-state index >= 15 is 0 Å². The SMILES string of the molecule is N#Cc1ccccc1CS(=O)(=O)NCCN. The lowest BCUT2D eigenvalue weighted by Crippen LogP contribution is -2.30. The Morgan fingerprint density at radius 1 is 1.38 bits per heavy atom. The first kappa shape index (κ1) is 12.6. The van der Waals surface area contributed by atoms with Gasteiger partial charge in [0.25, 0.3) is 0 Å². The van der Waals surface area contributed by atoms with Crippen LogP contribution in [0.25, 0.3) is 0 Å². The molecule has 0 aliphatic carbocycles. The molecule has 0 radical (unpaired) electrons. The van der Waals surface area contributed by atoms with Crippen LogP contribution in [0.2, 0.25) is 0 Å². The highest BCUT2D eigenvalue weighted by Crippen LogP contribution is 2.10. The van der Waals surface area contributed by atoms with Crippen molar-refractivity contribution in [3.05, 3.63) is 35.4 Å². The van der Waals surface area contributed by atoms with Gasteiger partial charge in [0.1, 0.15) is 0 Å². The molecule has 0 aliphatic rings. The molecular formula is C10H13N3O2S. The van der Waals surface area contributed by atoms with Crippen molar-refractivity contribution in [2.75, 3.05) is 13.1 Å². The number of sulfonamides is 1. The van der Waals surface area contributed by atoms with E-state index in [1.165, 1.54) is 0 Å². The van der Waals surface area contributed by atoms with Gasteiger partial charge in [0.15, 0.2) is 0 Å². The summed E-state index contributed by atoms with van der Waals surface area (Å²) in [6.07, 6.45) is 0. The maximum Gasteiger partial charge on any atom is 0.215 e. The lowest BCUT2D eigenvalue weighted by Gasteiger charge is -2.06. The molecule has 16 heavy (non-hydrogen) atoms. The molecule has 0 heterocycles. The number of nitrogens with one attached hydrogen (secondary N) is 1. The van der Waals surface area contributed by atoms with E-state index in [1.807, 2.05) is 6.07 Å². The highest BCUT2D eigenvalue weighted by molar-refractivity contribution is 7.88. The maximum absolute atomic E-state index is 11.6. The van der Waals surface area contributed by atoms with Crippen LogP contribution in [0.5, 0.6) is 0 Å². The summed E-state index contributed by atoms with van der Waals surface area (Å²) in [6.45, 7) is 0.455. The molecule has 0 bridgehead atoms. The Kier molecular flexibility index (Phi) is 4.43. The second-order valence-corrected chi connectivity index (χ2v) is 5.02. The largest absolute Gasteiger partial charge is 0.329 e. The molecule has 0 aliphatic heterocycles. The first-order valence-electron chi connectivity index (χ1n) is 4.74. The van der Waals surface area contributed by atoms with Gasteiger partial charge in [-0.2, -0.15) is 5.26 Å². The molecule has 0 atom stereocenters. The number of hydrogen-bond acceptors (Lipinski definition) is 4. The van der Waals surface area contributed by atoms with Gasteiger partial charge in [-0.15, -0.1) is 0 Å². The van der Waals surface area contributed by atoms with Crippen LogP contribution >= 0.6 is 0 Å². The molecule has 3 N–H and O–H groups in total. The predicted molar refractivity (Wildman–Crippen MR) is 60.8 cm³/mol. The Labute approximate surface area is 94.9 Å². The van der Waals surface area contributed by atoms with Crippen LogP contribution in [0.3, 0.4) is 0 Å². The fourth-order valence-electron chi connectivity index (χ4n) is 1.23. The van der Waals surface area contributed by atoms with Crippen molar-refractivity contribution < 1.29 is 8.42 Å². The zero-order chi connectivity index (χ0) is 12.0. The van der Waals surface area contributed by atoms with E-state index in [1.54, 1.807) is 24.3 Å². The summed E-state index contributed by atoms with van der Waals surface area (Å²) in [4.78, 5) is 0. The van der Waals surface area contributed by atoms with Crippen molar-refractivity contribution >= 4 is 10.0 Å². The molecule has 6 heteroatoms. The molecule has 86 valence electrons. The smallest absolute Gasteiger partial charge is 0.215 e. The van der Waals surface area contributed by atoms with Gasteiger partial charge in [-0.3, -0.25) is 0 Å². The summed E-state index contributed by atoms with van der Waals surface area (Å²) in [5.74, 6) is -0.198. The minimum Gasteiger partial charge on any atom is -0.329 e. The molecule has 0 unspecified atom stereocenters. The van der Waals surface area contributed by atoms with Gasteiger partial charge >= 0.3 is 0 Å². The first-order valence-corrected chi connectivity index (χ1v) is 6.39. The van der Waals surface area contributed by atoms with Crippen LogP contribution < -0.4 is 10.5 Å². The fourth-order valence-corrected chi connectivity index (χ4v) is 2.42. The molecule has 0 saturated heterocycles. The van der Waals surface area contributed by atoms with Gasteiger partial charge in [0.2, 0.25) is 10.0 Å². The number of rotatable bonds is 5. The molecule has 1 aromatic carbocycles. The average molecular weight is 239 g/mol. The molecule has 5 nitrogen and oxygen atoms in total. The van der Waals surface area contributed by atoms with Gasteiger partial charge in [-0.1, -0.05) is 18.2 Å². The molecule has 1 rings (SSSR count). The van der Waals surface area contributed by atoms with Crippen molar-refractivity contribution in [2.45, 2.75) is 5.75 Å². The summed E-state index contributed by atoms with van der Waals surface area (Å²) in [7, 11) is -3.41. The number of nitrogens with zero attached hydrogens (tertiary/aromatic N) is 1. The normalized spacial score (nSPS) is 11.0. The quantitative estimate of drug-likeness (QED) is 0.752. The molecule has 0 saturated carbocycles. The van der Waals surface area contributed by atoms with E-state index in [2.05, 4.69) is 4.72 Å². The van der Waals surface area contributed by atoms with E-state index in [4.69, 9.17) is 11.0 Å². The van der Waals surface area contributed by atoms with Crippen LogP contribution in [0.15, 0.2) is 24.3 Å². The van der Waals surface area contributed by atoms with Crippen molar-refractivity contribution in [3.8, 4) is 6.07 Å². The van der Waals surface area contributed by atoms with Gasteiger partial charge < -0.3 is 5.73 Å². The predicted octanol–water partition coefficient (Wildman–Crippen LogP) is -0.0636. The van der Waals surface area contributed by atoms with Gasteiger partial charge in [-0.05, 0) is 11.6 Å². The summed E-state index contributed by atoms with van der Waals surface area (Å²) in [5.41, 5.74) is 6.08. The third-order valence-corrected chi connectivity index (χ3v) is 3.28. The lowest BCUT2D eigenvalue weighted by atomic mass is 10.1. The average Bonchev–Trinajstić information content (AvgIpc) is 2.27. The summed E-state index contributed by atoms with van der Waals surface area (Å²) < 4.78 is 25.4. The third kappa shape index (κ3) is 3.62. The van der Waals surface area contributed by atoms with Crippen molar-refractivity contribution in [2.24, 2.45) is 5.73 Å². The zero-order valence-electron chi connectivity index (χ0n) is 8.68. The van der Waals surface area contributed by atoms with E-state index < -0.39 is 10.0 Å². The second kappa shape index (κ2) is 5.61. The van der Waals surface area contributed by atoms with Crippen molar-refractivity contribution in [1.82, 2.24) is 4.72 Å². The van der Waals surface area contributed by atoms with Crippen LogP contribution in [-0.2, 0) is 15.8 Å². The molecule has 0 spiro atoms. The summed E-state index contributed by atoms with van der Waals surface area (Å²) in [5, 5.41) is 8.81. The lowest BCUT2D eigenvalue weighted by molar-refractivity contribution is 0.581. The summed E-state index contributed by atoms with van der Waals surface area (Å²) >= 11 is 0. The number of benzene rings is 1. The zero-order valence-corrected chi connectivity index (χ0v) is 9.50. The Balaban J connectivity index is 2.85.